The number of hydrogen-bond donors (Lipinski definition) is 2. The van der Waals surface area contributed by atoms with Crippen LogP contribution in [0.4, 0.5) is 15.8 Å². The molecule has 29 heavy (non-hydrogen) atoms. The van der Waals surface area contributed by atoms with E-state index in [9.17, 15) is 18.8 Å². The number of nitrogens with one attached hydrogen (secondary N) is 2. The standard InChI is InChI=1S/C20H19FN4O3S/c1-29-16-4-2-3-15(11-16)22-18(26)12-25-19(27)10-9-17(24-25)20(28)23-14-7-5-13(21)6-8-14/h2-8,11H,9-10,12H2,1H3,(H,22,26)(H,23,28). The summed E-state index contributed by atoms with van der Waals surface area (Å²) in [5.41, 5.74) is 1.16. The van der Waals surface area contributed by atoms with E-state index in [1.54, 1.807) is 17.8 Å². The number of nitrogens with zero attached hydrogens (tertiary/aromatic N) is 2. The minimum absolute atomic E-state index is 0.0743. The van der Waals surface area contributed by atoms with Gasteiger partial charge in [-0.3, -0.25) is 14.4 Å². The highest BCUT2D eigenvalue weighted by molar-refractivity contribution is 7.98. The van der Waals surface area contributed by atoms with Crippen molar-refractivity contribution in [1.29, 1.82) is 0 Å². The fraction of sp³-hybridized carbons (Fsp3) is 0.200. The van der Waals surface area contributed by atoms with E-state index in [0.717, 1.165) is 9.90 Å². The summed E-state index contributed by atoms with van der Waals surface area (Å²) < 4.78 is 13.0. The van der Waals surface area contributed by atoms with Gasteiger partial charge in [-0.25, -0.2) is 9.40 Å². The zero-order chi connectivity index (χ0) is 20.8. The molecule has 9 heteroatoms. The second-order valence-electron chi connectivity index (χ2n) is 6.24. The average molecular weight is 414 g/mol. The summed E-state index contributed by atoms with van der Waals surface area (Å²) in [7, 11) is 0. The summed E-state index contributed by atoms with van der Waals surface area (Å²) in [5.74, 6) is -1.66. The zero-order valence-corrected chi connectivity index (χ0v) is 16.5. The maximum Gasteiger partial charge on any atom is 0.271 e. The van der Waals surface area contributed by atoms with Crippen LogP contribution in [0.2, 0.25) is 0 Å². The third-order valence-corrected chi connectivity index (χ3v) is 4.84. The lowest BCUT2D eigenvalue weighted by atomic mass is 10.1. The van der Waals surface area contributed by atoms with Crippen molar-refractivity contribution < 1.29 is 18.8 Å². The molecule has 0 saturated heterocycles. The highest BCUT2D eigenvalue weighted by atomic mass is 32.2. The average Bonchev–Trinajstić information content (AvgIpc) is 2.71. The quantitative estimate of drug-likeness (QED) is 0.711. The number of hydrazone groups is 1. The van der Waals surface area contributed by atoms with E-state index in [1.807, 2.05) is 24.5 Å². The van der Waals surface area contributed by atoms with Gasteiger partial charge in [0.25, 0.3) is 5.91 Å². The minimum Gasteiger partial charge on any atom is -0.324 e. The van der Waals surface area contributed by atoms with Gasteiger partial charge < -0.3 is 10.6 Å². The fourth-order valence-electron chi connectivity index (χ4n) is 2.66. The van der Waals surface area contributed by atoms with Crippen LogP contribution in [0.3, 0.4) is 0 Å². The first kappa shape index (κ1) is 20.5. The highest BCUT2D eigenvalue weighted by Crippen LogP contribution is 2.19. The van der Waals surface area contributed by atoms with E-state index in [1.165, 1.54) is 24.3 Å². The van der Waals surface area contributed by atoms with Crippen molar-refractivity contribution in [2.75, 3.05) is 23.4 Å². The number of hydrogen-bond acceptors (Lipinski definition) is 5. The predicted octanol–water partition coefficient (Wildman–Crippen LogP) is 3.10. The van der Waals surface area contributed by atoms with Crippen LogP contribution in [0.5, 0.6) is 0 Å². The third-order valence-electron chi connectivity index (χ3n) is 4.12. The van der Waals surface area contributed by atoms with Crippen molar-refractivity contribution in [2.45, 2.75) is 17.7 Å². The van der Waals surface area contributed by atoms with E-state index in [2.05, 4.69) is 15.7 Å². The Morgan fingerprint density at radius 1 is 1.10 bits per heavy atom. The van der Waals surface area contributed by atoms with E-state index in [-0.39, 0.29) is 31.0 Å². The van der Waals surface area contributed by atoms with Gasteiger partial charge in [0.1, 0.15) is 18.1 Å². The van der Waals surface area contributed by atoms with E-state index in [0.29, 0.717) is 11.4 Å². The van der Waals surface area contributed by atoms with Crippen LogP contribution >= 0.6 is 11.8 Å². The number of rotatable bonds is 6. The van der Waals surface area contributed by atoms with Gasteiger partial charge in [0.2, 0.25) is 11.8 Å². The van der Waals surface area contributed by atoms with Crippen LogP contribution < -0.4 is 10.6 Å². The lowest BCUT2D eigenvalue weighted by Crippen LogP contribution is -2.40. The molecular weight excluding hydrogens is 395 g/mol. The van der Waals surface area contributed by atoms with Gasteiger partial charge >= 0.3 is 0 Å². The molecule has 2 aromatic carbocycles. The van der Waals surface area contributed by atoms with E-state index >= 15 is 0 Å². The van der Waals surface area contributed by atoms with Crippen molar-refractivity contribution >= 4 is 46.6 Å². The monoisotopic (exact) mass is 414 g/mol. The van der Waals surface area contributed by atoms with E-state index < -0.39 is 17.6 Å². The summed E-state index contributed by atoms with van der Waals surface area (Å²) in [6.07, 6.45) is 2.17. The molecule has 0 fully saturated rings. The number of halogens is 1. The van der Waals surface area contributed by atoms with Crippen molar-refractivity contribution in [3.8, 4) is 0 Å². The third kappa shape index (κ3) is 5.64. The molecule has 3 rings (SSSR count). The number of anilines is 2. The Morgan fingerprint density at radius 3 is 2.59 bits per heavy atom. The zero-order valence-electron chi connectivity index (χ0n) is 15.6. The molecule has 0 aromatic heterocycles. The number of thioether (sulfide) groups is 1. The van der Waals surface area contributed by atoms with Gasteiger partial charge in [-0.1, -0.05) is 6.07 Å². The van der Waals surface area contributed by atoms with Crippen LogP contribution in [0.25, 0.3) is 0 Å². The molecule has 0 spiro atoms. The van der Waals surface area contributed by atoms with Crippen LogP contribution in [-0.4, -0.2) is 41.2 Å². The van der Waals surface area contributed by atoms with Crippen LogP contribution in [0.15, 0.2) is 58.5 Å². The molecule has 0 radical (unpaired) electrons. The number of carbonyl (C=O) groups is 3. The van der Waals surface area contributed by atoms with Crippen molar-refractivity contribution in [2.24, 2.45) is 5.10 Å². The number of carbonyl (C=O) groups excluding carboxylic acids is 3. The molecule has 0 bridgehead atoms. The molecule has 0 atom stereocenters. The van der Waals surface area contributed by atoms with Crippen LogP contribution in [0.1, 0.15) is 12.8 Å². The van der Waals surface area contributed by atoms with Crippen LogP contribution in [-0.2, 0) is 14.4 Å². The lowest BCUT2D eigenvalue weighted by Gasteiger charge is -2.22. The van der Waals surface area contributed by atoms with Crippen molar-refractivity contribution in [1.82, 2.24) is 5.01 Å². The Balaban J connectivity index is 1.64. The Labute approximate surface area is 171 Å². The summed E-state index contributed by atoms with van der Waals surface area (Å²) in [4.78, 5) is 37.8. The van der Waals surface area contributed by atoms with Crippen LogP contribution in [0, 0.1) is 5.82 Å². The Hall–Kier alpha value is -3.20. The topological polar surface area (TPSA) is 90.9 Å². The van der Waals surface area contributed by atoms with Gasteiger partial charge in [0, 0.05) is 29.1 Å². The smallest absolute Gasteiger partial charge is 0.271 e. The molecule has 7 nitrogen and oxygen atoms in total. The first-order chi connectivity index (χ1) is 13.9. The molecule has 0 aliphatic carbocycles. The molecule has 1 aliphatic heterocycles. The van der Waals surface area contributed by atoms with Gasteiger partial charge in [0.05, 0.1) is 0 Å². The molecule has 0 saturated carbocycles. The second-order valence-corrected chi connectivity index (χ2v) is 7.12. The largest absolute Gasteiger partial charge is 0.324 e. The van der Waals surface area contributed by atoms with E-state index in [4.69, 9.17) is 0 Å². The van der Waals surface area contributed by atoms with Gasteiger partial charge in [0.15, 0.2) is 0 Å². The summed E-state index contributed by atoms with van der Waals surface area (Å²) in [6.45, 7) is -0.296. The number of amides is 3. The van der Waals surface area contributed by atoms with Gasteiger partial charge in [-0.05, 0) is 48.7 Å². The summed E-state index contributed by atoms with van der Waals surface area (Å²) >= 11 is 1.55. The van der Waals surface area contributed by atoms with Gasteiger partial charge in [-0.15, -0.1) is 11.8 Å². The Morgan fingerprint density at radius 2 is 1.86 bits per heavy atom. The van der Waals surface area contributed by atoms with Gasteiger partial charge in [-0.2, -0.15) is 5.10 Å². The normalized spacial score (nSPS) is 13.7. The molecule has 2 N–H and O–H groups in total. The Kier molecular flexibility index (Phi) is 6.61. The maximum atomic E-state index is 13.0. The first-order valence-corrected chi connectivity index (χ1v) is 10.1. The SMILES string of the molecule is CSc1cccc(NC(=O)CN2N=C(C(=O)Nc3ccc(F)cc3)CCC2=O)c1. The molecule has 1 aliphatic rings. The van der Waals surface area contributed by atoms with Crippen molar-refractivity contribution in [3.05, 3.63) is 54.3 Å². The highest BCUT2D eigenvalue weighted by Gasteiger charge is 2.26. The first-order valence-electron chi connectivity index (χ1n) is 8.83. The lowest BCUT2D eigenvalue weighted by molar-refractivity contribution is -0.135. The second kappa shape index (κ2) is 9.33. The molecule has 2 aromatic rings. The number of benzene rings is 2. The molecular formula is C20H19FN4O3S. The molecule has 3 amide bonds. The molecule has 150 valence electrons. The minimum atomic E-state index is -0.498. The summed E-state index contributed by atoms with van der Waals surface area (Å²) in [5, 5.41) is 10.4. The maximum absolute atomic E-state index is 13.0. The predicted molar refractivity (Wildman–Crippen MR) is 110 cm³/mol. The fourth-order valence-corrected chi connectivity index (χ4v) is 3.12. The summed E-state index contributed by atoms with van der Waals surface area (Å²) in [6, 6.07) is 12.6. The molecule has 0 unspecified atom stereocenters. The van der Waals surface area contributed by atoms with Crippen molar-refractivity contribution in [3.63, 3.8) is 0 Å². The Bertz CT molecular complexity index is 962. The molecule has 1 heterocycles.